The summed E-state index contributed by atoms with van der Waals surface area (Å²) in [7, 11) is 0. The number of benzene rings is 10. The zero-order valence-corrected chi connectivity index (χ0v) is 45.7. The molecule has 0 aliphatic rings. The summed E-state index contributed by atoms with van der Waals surface area (Å²) in [4.78, 5) is 62.5. The highest BCUT2D eigenvalue weighted by molar-refractivity contribution is 6.30. The number of nitrogens with zero attached hydrogens (tertiary/aromatic N) is 18. The van der Waals surface area contributed by atoms with Crippen molar-refractivity contribution in [1.82, 2.24) is 59.8 Å². The van der Waals surface area contributed by atoms with Crippen molar-refractivity contribution in [2.24, 2.45) is 0 Å². The Hall–Kier alpha value is -13.4. The van der Waals surface area contributed by atoms with E-state index >= 15 is 0 Å². The van der Waals surface area contributed by atoms with Crippen LogP contribution in [-0.2, 0) is 0 Å². The summed E-state index contributed by atoms with van der Waals surface area (Å²) in [5, 5.41) is 43.8. The highest BCUT2D eigenvalue weighted by atomic mass is 15.1. The fourth-order valence-corrected chi connectivity index (χ4v) is 11.4. The third-order valence-electron chi connectivity index (χ3n) is 15.4. The monoisotopic (exact) mass is 1130 g/mol. The fraction of sp³-hybridized carbons (Fsp3) is 0. The molecular formula is C70H34N18. The molecule has 0 bridgehead atoms. The summed E-state index contributed by atoms with van der Waals surface area (Å²) in [6.45, 7) is 0. The number of anilines is 6. The molecule has 0 unspecified atom stereocenters. The molecule has 0 atom stereocenters. The van der Waals surface area contributed by atoms with Crippen LogP contribution >= 0.6 is 0 Å². The second-order valence-corrected chi connectivity index (χ2v) is 20.6. The van der Waals surface area contributed by atoms with Crippen LogP contribution < -0.4 is 9.80 Å². The molecule has 6 heterocycles. The lowest BCUT2D eigenvalue weighted by atomic mass is 9.93. The maximum absolute atomic E-state index is 9.83. The van der Waals surface area contributed by atoms with Gasteiger partial charge in [-0.15, -0.1) is 0 Å². The molecule has 16 aromatic rings. The lowest BCUT2D eigenvalue weighted by Crippen LogP contribution is -2.09. The maximum Gasteiger partial charge on any atom is 0.199 e. The van der Waals surface area contributed by atoms with E-state index < -0.39 is 0 Å². The van der Waals surface area contributed by atoms with Gasteiger partial charge in [0.25, 0.3) is 0 Å². The van der Waals surface area contributed by atoms with Crippen LogP contribution in [0.5, 0.6) is 0 Å². The van der Waals surface area contributed by atoms with Gasteiger partial charge in [0.2, 0.25) is 0 Å². The Morgan fingerprint density at radius 3 is 0.648 bits per heavy atom. The Morgan fingerprint density at radius 2 is 0.432 bits per heavy atom. The highest BCUT2D eigenvalue weighted by Gasteiger charge is 2.23. The van der Waals surface area contributed by atoms with Crippen molar-refractivity contribution in [2.75, 3.05) is 9.80 Å². The predicted octanol–water partition coefficient (Wildman–Crippen LogP) is 14.6. The molecule has 0 aliphatic carbocycles. The van der Waals surface area contributed by atoms with E-state index in [0.29, 0.717) is 55.8 Å². The van der Waals surface area contributed by atoms with E-state index in [-0.39, 0.29) is 45.4 Å². The minimum atomic E-state index is -0.160. The number of rotatable bonds is 8. The molecule has 0 fully saturated rings. The normalized spacial score (nSPS) is 11.4. The standard InChI is InChI=1S/C70H34N18/c71-35-59-61(37-73)83-67-65(81-59)75-53-29-47-48-30-54-56(78-68-66(76-54)82-60(36-72)62(38-74)84-68)32-50(48)52-34-58-57(33-51(52)49(47)31-55(53)77-67)79-69-70(80-58)86-64(40-23-27-46(28-24-40)88(43-17-9-3-10-18-43)44-19-11-4-12-20-44)63(85-69)39-21-25-45(26-22-39)87(41-13-5-1-6-14-41)42-15-7-2-8-16-42/h1-34H. The molecule has 88 heavy (non-hydrogen) atoms. The number of hydrogen-bond acceptors (Lipinski definition) is 18. The molecule has 6 aromatic heterocycles. The van der Waals surface area contributed by atoms with Crippen molar-refractivity contribution in [1.29, 1.82) is 21.0 Å². The molecule has 16 rings (SSSR count). The van der Waals surface area contributed by atoms with Gasteiger partial charge in [0, 0.05) is 45.3 Å². The Bertz CT molecular complexity index is 5350. The van der Waals surface area contributed by atoms with E-state index in [1.807, 2.05) is 133 Å². The summed E-state index contributed by atoms with van der Waals surface area (Å²) >= 11 is 0. The van der Waals surface area contributed by atoms with Crippen LogP contribution in [0.25, 0.3) is 122 Å². The van der Waals surface area contributed by atoms with E-state index in [0.717, 1.165) is 77.6 Å². The SMILES string of the molecule is N#Cc1nc2nc3cc4c5cc6nc7nc(C#N)c(C#N)nc7nc6cc5c5cc6nc7nc(-c8ccc(N(c9ccccc9)c9ccccc9)cc8)c(-c8ccc(N(c9ccccc9)c9ccccc9)cc8)nc7nc6cc5c4cc3nc2nc1C#N. The molecule has 0 radical (unpaired) electrons. The van der Waals surface area contributed by atoms with Gasteiger partial charge >= 0.3 is 0 Å². The molecular weight excluding hydrogens is 1090 g/mol. The Morgan fingerprint density at radius 1 is 0.227 bits per heavy atom. The average molecular weight is 1130 g/mol. The van der Waals surface area contributed by atoms with E-state index in [4.69, 9.17) is 39.9 Å². The van der Waals surface area contributed by atoms with Gasteiger partial charge in [0.15, 0.2) is 56.7 Å². The third kappa shape index (κ3) is 8.39. The van der Waals surface area contributed by atoms with Crippen LogP contribution in [0, 0.1) is 45.3 Å². The predicted molar refractivity (Wildman–Crippen MR) is 337 cm³/mol. The maximum atomic E-state index is 9.83. The second kappa shape index (κ2) is 20.2. The van der Waals surface area contributed by atoms with Crippen molar-refractivity contribution in [2.45, 2.75) is 0 Å². The first-order chi connectivity index (χ1) is 43.4. The van der Waals surface area contributed by atoms with E-state index in [1.165, 1.54) is 0 Å². The average Bonchev–Trinajstić information content (AvgIpc) is 0.820. The summed E-state index contributed by atoms with van der Waals surface area (Å²) < 4.78 is 0. The zero-order chi connectivity index (χ0) is 59.0. The Kier molecular flexibility index (Phi) is 11.5. The first-order valence-electron chi connectivity index (χ1n) is 27.6. The van der Waals surface area contributed by atoms with Gasteiger partial charge in [-0.05, 0) is 142 Å². The second-order valence-electron chi connectivity index (χ2n) is 20.6. The largest absolute Gasteiger partial charge is 0.311 e. The molecule has 0 saturated carbocycles. The van der Waals surface area contributed by atoms with Crippen molar-refractivity contribution in [3.05, 3.63) is 229 Å². The smallest absolute Gasteiger partial charge is 0.199 e. The van der Waals surface area contributed by atoms with Crippen LogP contribution in [0.1, 0.15) is 22.8 Å². The molecule has 0 spiro atoms. The first-order valence-corrected chi connectivity index (χ1v) is 27.6. The quantitative estimate of drug-likeness (QED) is 0.101. The van der Waals surface area contributed by atoms with Crippen molar-refractivity contribution >= 4 is 133 Å². The molecule has 0 saturated heterocycles. The van der Waals surface area contributed by atoms with Gasteiger partial charge in [-0.2, -0.15) is 21.0 Å². The molecule has 18 nitrogen and oxygen atoms in total. The molecule has 0 aliphatic heterocycles. The molecule has 0 N–H and O–H groups in total. The first kappa shape index (κ1) is 50.3. The summed E-state index contributed by atoms with van der Waals surface area (Å²) in [6, 6.07) is 76.9. The molecule has 10 aromatic carbocycles. The molecule has 404 valence electrons. The number of fused-ring (bicyclic) bond motifs is 12. The van der Waals surface area contributed by atoms with E-state index in [9.17, 15) is 21.0 Å². The van der Waals surface area contributed by atoms with E-state index in [2.05, 4.69) is 127 Å². The van der Waals surface area contributed by atoms with Gasteiger partial charge in [-0.3, -0.25) is 0 Å². The van der Waals surface area contributed by atoms with Crippen LogP contribution in [0.2, 0.25) is 0 Å². The molecule has 0 amide bonds. The van der Waals surface area contributed by atoms with Gasteiger partial charge in [0.1, 0.15) is 24.3 Å². The lowest BCUT2D eigenvalue weighted by molar-refractivity contribution is 1.14. The number of aromatic nitrogens is 12. The van der Waals surface area contributed by atoms with Crippen LogP contribution in [0.3, 0.4) is 0 Å². The lowest BCUT2D eigenvalue weighted by Gasteiger charge is -2.26. The number of nitriles is 4. The van der Waals surface area contributed by atoms with Crippen LogP contribution in [-0.4, -0.2) is 59.8 Å². The third-order valence-corrected chi connectivity index (χ3v) is 15.4. The van der Waals surface area contributed by atoms with Gasteiger partial charge < -0.3 is 9.80 Å². The number of hydrogen-bond donors (Lipinski definition) is 0. The minimum absolute atomic E-state index is 0.0998. The Balaban J connectivity index is 0.922. The summed E-state index contributed by atoms with van der Waals surface area (Å²) in [5.74, 6) is 0. The highest BCUT2D eigenvalue weighted by Crippen LogP contribution is 2.43. The number of para-hydroxylation sites is 4. The van der Waals surface area contributed by atoms with Crippen molar-refractivity contribution < 1.29 is 0 Å². The van der Waals surface area contributed by atoms with E-state index in [1.54, 1.807) is 0 Å². The van der Waals surface area contributed by atoms with Gasteiger partial charge in [0.05, 0.1) is 44.5 Å². The zero-order valence-electron chi connectivity index (χ0n) is 45.7. The summed E-state index contributed by atoms with van der Waals surface area (Å²) in [6.07, 6.45) is 0. The van der Waals surface area contributed by atoms with Crippen molar-refractivity contribution in [3.63, 3.8) is 0 Å². The molecule has 18 heteroatoms. The Labute approximate surface area is 497 Å². The summed E-state index contributed by atoms with van der Waals surface area (Å²) in [5.41, 5.74) is 12.1. The fourth-order valence-electron chi connectivity index (χ4n) is 11.4. The minimum Gasteiger partial charge on any atom is -0.311 e. The topological polar surface area (TPSA) is 256 Å². The van der Waals surface area contributed by atoms with Crippen molar-refractivity contribution in [3.8, 4) is 46.8 Å². The van der Waals surface area contributed by atoms with Crippen LogP contribution in [0.4, 0.5) is 34.1 Å². The van der Waals surface area contributed by atoms with Gasteiger partial charge in [-0.1, -0.05) is 97.1 Å². The van der Waals surface area contributed by atoms with Crippen LogP contribution in [0.15, 0.2) is 206 Å². The van der Waals surface area contributed by atoms with Gasteiger partial charge in [-0.25, -0.2) is 59.8 Å².